The van der Waals surface area contributed by atoms with E-state index in [0.29, 0.717) is 39.3 Å². The highest BCUT2D eigenvalue weighted by atomic mass is 16.6. The van der Waals surface area contributed by atoms with Crippen molar-refractivity contribution in [1.29, 1.82) is 0 Å². The largest absolute Gasteiger partial charge is 0.488 e. The fraction of sp³-hybridized carbons (Fsp3) is 0.472. The summed E-state index contributed by atoms with van der Waals surface area (Å²) in [4.78, 5) is 33.8. The highest BCUT2D eigenvalue weighted by Crippen LogP contribution is 2.62. The van der Waals surface area contributed by atoms with Gasteiger partial charge in [0.15, 0.2) is 0 Å². The summed E-state index contributed by atoms with van der Waals surface area (Å²) in [6.45, 7) is 12.4. The zero-order valence-corrected chi connectivity index (χ0v) is 27.1. The Morgan fingerprint density at radius 2 is 1.87 bits per heavy atom. The molecule has 1 aromatic heterocycles. The van der Waals surface area contributed by atoms with Gasteiger partial charge >= 0.3 is 12.1 Å². The van der Waals surface area contributed by atoms with Crippen LogP contribution in [0.5, 0.6) is 5.75 Å². The van der Waals surface area contributed by atoms with Crippen LogP contribution in [0.4, 0.5) is 10.6 Å². The number of aromatic nitrogens is 1. The smallest absolute Gasteiger partial charge is 0.410 e. The normalized spacial score (nSPS) is 22.1. The van der Waals surface area contributed by atoms with E-state index in [1.165, 1.54) is 11.1 Å². The second kappa shape index (κ2) is 11.7. The summed E-state index contributed by atoms with van der Waals surface area (Å²) in [6, 6.07) is 15.9. The third-order valence-electron chi connectivity index (χ3n) is 9.60. The average molecular weight is 614 g/mol. The van der Waals surface area contributed by atoms with E-state index < -0.39 is 17.0 Å². The molecule has 1 aliphatic carbocycles. The monoisotopic (exact) mass is 613 g/mol. The lowest BCUT2D eigenvalue weighted by Crippen LogP contribution is -2.43. The Kier molecular flexibility index (Phi) is 8.01. The molecule has 3 atom stereocenters. The van der Waals surface area contributed by atoms with Gasteiger partial charge in [-0.05, 0) is 99.4 Å². The topological polar surface area (TPSA) is 101 Å². The summed E-state index contributed by atoms with van der Waals surface area (Å²) in [5, 5.41) is 10.0. The number of hydrogen-bond donors (Lipinski definition) is 1. The van der Waals surface area contributed by atoms with Crippen molar-refractivity contribution in [3.05, 3.63) is 76.3 Å². The van der Waals surface area contributed by atoms with Gasteiger partial charge in [-0.3, -0.25) is 4.79 Å². The van der Waals surface area contributed by atoms with Crippen LogP contribution >= 0.6 is 0 Å². The predicted octanol–water partition coefficient (Wildman–Crippen LogP) is 6.16. The molecule has 3 heterocycles. The zero-order valence-electron chi connectivity index (χ0n) is 27.1. The minimum absolute atomic E-state index is 0.110. The molecule has 2 aromatic carbocycles. The van der Waals surface area contributed by atoms with Crippen LogP contribution in [0.15, 0.2) is 48.5 Å². The molecule has 0 radical (unpaired) electrons. The zero-order chi connectivity index (χ0) is 32.1. The number of anilines is 1. The molecule has 2 aliphatic heterocycles. The number of para-hydroxylation sites is 1. The first-order valence-electron chi connectivity index (χ1n) is 15.7. The lowest BCUT2D eigenvalue weighted by molar-refractivity contribution is -0.144. The van der Waals surface area contributed by atoms with E-state index in [4.69, 9.17) is 19.2 Å². The Bertz CT molecular complexity index is 1630. The first-order chi connectivity index (χ1) is 21.4. The van der Waals surface area contributed by atoms with Gasteiger partial charge < -0.3 is 29.1 Å². The van der Waals surface area contributed by atoms with Gasteiger partial charge in [0, 0.05) is 32.3 Å². The second-order valence-corrected chi connectivity index (χ2v) is 13.6. The molecule has 1 N–H and O–H groups in total. The lowest BCUT2D eigenvalue weighted by atomic mass is 9.92. The molecule has 3 aromatic rings. The molecule has 1 saturated heterocycles. The van der Waals surface area contributed by atoms with Crippen molar-refractivity contribution >= 4 is 17.9 Å². The minimum Gasteiger partial charge on any atom is -0.488 e. The number of benzene rings is 2. The Morgan fingerprint density at radius 3 is 2.60 bits per heavy atom. The van der Waals surface area contributed by atoms with Gasteiger partial charge in [-0.2, -0.15) is 0 Å². The number of aryl methyl sites for hydroxylation is 1. The Balaban J connectivity index is 1.21. The van der Waals surface area contributed by atoms with Crippen LogP contribution in [0.1, 0.15) is 55.0 Å². The van der Waals surface area contributed by atoms with Crippen LogP contribution < -0.4 is 9.64 Å². The maximum Gasteiger partial charge on any atom is 0.410 e. The number of carbonyl (C=O) groups is 2. The number of rotatable bonds is 8. The van der Waals surface area contributed by atoms with E-state index in [1.54, 1.807) is 12.0 Å². The van der Waals surface area contributed by atoms with Gasteiger partial charge in [-0.1, -0.05) is 30.3 Å². The summed E-state index contributed by atoms with van der Waals surface area (Å²) in [6.07, 6.45) is 1.18. The molecular formula is C36H43N3O6. The van der Waals surface area contributed by atoms with Gasteiger partial charge in [0.25, 0.3) is 0 Å². The van der Waals surface area contributed by atoms with Gasteiger partial charge in [0.05, 0.1) is 23.8 Å². The van der Waals surface area contributed by atoms with Crippen molar-refractivity contribution in [2.45, 2.75) is 72.3 Å². The van der Waals surface area contributed by atoms with Crippen molar-refractivity contribution in [3.8, 4) is 17.0 Å². The summed E-state index contributed by atoms with van der Waals surface area (Å²) in [5.41, 5.74) is 6.09. The van der Waals surface area contributed by atoms with Gasteiger partial charge in [0.1, 0.15) is 23.8 Å². The van der Waals surface area contributed by atoms with E-state index in [9.17, 15) is 14.7 Å². The third kappa shape index (κ3) is 5.74. The van der Waals surface area contributed by atoms with E-state index in [2.05, 4.69) is 24.0 Å². The Morgan fingerprint density at radius 1 is 1.09 bits per heavy atom. The van der Waals surface area contributed by atoms with Gasteiger partial charge in [-0.15, -0.1) is 0 Å². The van der Waals surface area contributed by atoms with Crippen LogP contribution in [0, 0.1) is 25.2 Å². The van der Waals surface area contributed by atoms with Crippen LogP contribution in [0.2, 0.25) is 0 Å². The number of carboxylic acids is 1. The molecule has 0 unspecified atom stereocenters. The predicted molar refractivity (Wildman–Crippen MR) is 171 cm³/mol. The molecule has 238 valence electrons. The molecule has 1 amide bonds. The molecule has 45 heavy (non-hydrogen) atoms. The number of ether oxygens (including phenoxy) is 3. The van der Waals surface area contributed by atoms with Crippen molar-refractivity contribution in [3.63, 3.8) is 0 Å². The number of piperidine rings is 1. The van der Waals surface area contributed by atoms with E-state index in [0.717, 1.165) is 45.9 Å². The summed E-state index contributed by atoms with van der Waals surface area (Å²) in [7, 11) is 1.62. The average Bonchev–Trinajstić information content (AvgIpc) is 3.65. The first-order valence-corrected chi connectivity index (χ1v) is 15.7. The summed E-state index contributed by atoms with van der Waals surface area (Å²) < 4.78 is 17.6. The quantitative estimate of drug-likeness (QED) is 0.322. The van der Waals surface area contributed by atoms with Gasteiger partial charge in [-0.25, -0.2) is 9.78 Å². The number of methoxy groups -OCH3 is 1. The first kappa shape index (κ1) is 30.9. The van der Waals surface area contributed by atoms with E-state index in [-0.39, 0.29) is 18.1 Å². The maximum absolute atomic E-state index is 12.7. The number of pyridine rings is 1. The minimum atomic E-state index is -0.758. The third-order valence-corrected chi connectivity index (χ3v) is 9.60. The molecule has 3 aliphatic rings. The number of nitrogens with zero attached hydrogens (tertiary/aromatic N) is 3. The molecular weight excluding hydrogens is 570 g/mol. The van der Waals surface area contributed by atoms with Crippen LogP contribution in [-0.4, -0.2) is 65.5 Å². The molecule has 1 saturated carbocycles. The SMILES string of the molecule is COC[C@H]1N(c2cccc(-c3cccc(C)c3OCc3ccc4c(c3C)CCN(C(=O)OC(C)(C)C)C4)n2)C[C@@H]2C[C@@]21C(=O)O. The summed E-state index contributed by atoms with van der Waals surface area (Å²) >= 11 is 0. The fourth-order valence-electron chi connectivity index (χ4n) is 7.14. The van der Waals surface area contributed by atoms with Crippen LogP contribution in [0.25, 0.3) is 11.3 Å². The van der Waals surface area contributed by atoms with Crippen molar-refractivity contribution in [2.24, 2.45) is 11.3 Å². The van der Waals surface area contributed by atoms with E-state index >= 15 is 0 Å². The number of amides is 1. The highest BCUT2D eigenvalue weighted by molar-refractivity contribution is 5.82. The van der Waals surface area contributed by atoms with Crippen LogP contribution in [0.3, 0.4) is 0 Å². The fourth-order valence-corrected chi connectivity index (χ4v) is 7.14. The molecule has 0 spiro atoms. The molecule has 9 nitrogen and oxygen atoms in total. The Hall–Kier alpha value is -4.11. The molecule has 6 rings (SSSR count). The lowest BCUT2D eigenvalue weighted by Gasteiger charge is -2.32. The standard InChI is InChI=1S/C36H43N3O6/c1-22-9-7-10-28(29-11-8-12-31(37-29)39-19-26-17-36(26,33(40)41)30(39)21-43-6)32(22)44-20-25-14-13-24-18-38(16-15-27(24)23(25)2)34(42)45-35(3,4)5/h7-14,26,30H,15-21H2,1-6H3,(H,40,41)/t26-,30+,36+/m0/s1. The number of aliphatic carboxylic acids is 1. The number of carboxylic acid groups (broad SMARTS) is 1. The van der Waals surface area contributed by atoms with E-state index in [1.807, 2.05) is 64.1 Å². The highest BCUT2D eigenvalue weighted by Gasteiger charge is 2.71. The van der Waals surface area contributed by atoms with Crippen LogP contribution in [-0.2, 0) is 33.8 Å². The molecule has 0 bridgehead atoms. The van der Waals surface area contributed by atoms with Crippen molar-refractivity contribution in [1.82, 2.24) is 9.88 Å². The molecule has 2 fully saturated rings. The number of fused-ring (bicyclic) bond motifs is 2. The van der Waals surface area contributed by atoms with Gasteiger partial charge in [0.2, 0.25) is 0 Å². The number of carbonyl (C=O) groups excluding carboxylic acids is 1. The summed E-state index contributed by atoms with van der Waals surface area (Å²) in [5.74, 6) is 0.884. The van der Waals surface area contributed by atoms with Crippen molar-refractivity contribution < 1.29 is 28.9 Å². The van der Waals surface area contributed by atoms with Crippen molar-refractivity contribution in [2.75, 3.05) is 31.7 Å². The Labute approximate surface area is 265 Å². The molecule has 9 heteroatoms. The number of hydrogen-bond acceptors (Lipinski definition) is 7. The second-order valence-electron chi connectivity index (χ2n) is 13.6. The maximum atomic E-state index is 12.7.